The molecule has 0 radical (unpaired) electrons. The van der Waals surface area contributed by atoms with Gasteiger partial charge >= 0.3 is 12.3 Å². The molecule has 1 aliphatic rings. The zero-order chi connectivity index (χ0) is 20.5. The van der Waals surface area contributed by atoms with Gasteiger partial charge in [0.05, 0.1) is 10.3 Å². The van der Waals surface area contributed by atoms with Crippen LogP contribution in [-0.2, 0) is 9.53 Å². The fourth-order valence-corrected chi connectivity index (χ4v) is 2.94. The Labute approximate surface area is 152 Å². The SMILES string of the molecule is CC(C)(C)OC(=O)N1C[C@@H](c2c(F)c(F)cc(F)c2F)CC1C(=O)C=[N+]=N. The standard InChI is InChI=1S/C17H18F4N3O3/c1-17(2,3)27-16(26)24-7-8(4-11(24)12(25)6-23-22)13-14(20)9(18)5-10(19)15(13)21/h5-6,8,11,22H,4,7H2,1-3H3/q+1/t8-,11?/m0/s1. The van der Waals surface area contributed by atoms with Crippen LogP contribution in [0.4, 0.5) is 22.4 Å². The maximum atomic E-state index is 14.1. The van der Waals surface area contributed by atoms with E-state index in [1.165, 1.54) is 0 Å². The van der Waals surface area contributed by atoms with Crippen molar-refractivity contribution in [3.05, 3.63) is 34.9 Å². The van der Waals surface area contributed by atoms with Gasteiger partial charge in [0.15, 0.2) is 23.3 Å². The van der Waals surface area contributed by atoms with Gasteiger partial charge in [0.2, 0.25) is 0 Å². The van der Waals surface area contributed by atoms with Crippen LogP contribution in [0.25, 0.3) is 0 Å². The molecule has 27 heavy (non-hydrogen) atoms. The highest BCUT2D eigenvalue weighted by Crippen LogP contribution is 2.37. The molecule has 0 saturated carbocycles. The van der Waals surface area contributed by atoms with Crippen LogP contribution >= 0.6 is 0 Å². The van der Waals surface area contributed by atoms with Gasteiger partial charge in [-0.25, -0.2) is 22.4 Å². The minimum absolute atomic E-state index is 0.0874. The topological polar surface area (TPSA) is 84.6 Å². The molecule has 1 saturated heterocycles. The van der Waals surface area contributed by atoms with Gasteiger partial charge < -0.3 is 4.74 Å². The number of carbonyl (C=O) groups is 2. The Bertz CT molecular complexity index is 805. The molecule has 6 nitrogen and oxygen atoms in total. The number of rotatable bonds is 3. The molecule has 1 aromatic carbocycles. The van der Waals surface area contributed by atoms with Gasteiger partial charge in [-0.3, -0.25) is 9.69 Å². The van der Waals surface area contributed by atoms with E-state index < -0.39 is 64.8 Å². The smallest absolute Gasteiger partial charge is 0.410 e. The lowest BCUT2D eigenvalue weighted by Gasteiger charge is -2.27. The van der Waals surface area contributed by atoms with E-state index in [1.54, 1.807) is 20.8 Å². The van der Waals surface area contributed by atoms with Crippen LogP contribution in [0.2, 0.25) is 0 Å². The number of amides is 1. The van der Waals surface area contributed by atoms with Gasteiger partial charge in [0, 0.05) is 24.1 Å². The third kappa shape index (κ3) is 4.33. The van der Waals surface area contributed by atoms with Gasteiger partial charge in [-0.05, 0) is 27.2 Å². The normalized spacial score (nSPS) is 19.6. The van der Waals surface area contributed by atoms with Crippen LogP contribution in [-0.4, -0.2) is 46.0 Å². The van der Waals surface area contributed by atoms with Crippen molar-refractivity contribution in [2.24, 2.45) is 0 Å². The van der Waals surface area contributed by atoms with Crippen LogP contribution in [0.1, 0.15) is 38.7 Å². The molecule has 10 heteroatoms. The van der Waals surface area contributed by atoms with Crippen LogP contribution in [0.3, 0.4) is 0 Å². The first-order valence-corrected chi connectivity index (χ1v) is 8.02. The van der Waals surface area contributed by atoms with E-state index in [4.69, 9.17) is 10.3 Å². The van der Waals surface area contributed by atoms with Gasteiger partial charge in [-0.15, -0.1) is 0 Å². The van der Waals surface area contributed by atoms with E-state index in [1.807, 2.05) is 0 Å². The summed E-state index contributed by atoms with van der Waals surface area (Å²) in [4.78, 5) is 28.3. The van der Waals surface area contributed by atoms with E-state index in [0.29, 0.717) is 6.21 Å². The molecular weight excluding hydrogens is 370 g/mol. The van der Waals surface area contributed by atoms with Crippen molar-refractivity contribution in [3.63, 3.8) is 0 Å². The Morgan fingerprint density at radius 1 is 1.22 bits per heavy atom. The van der Waals surface area contributed by atoms with Crippen molar-refractivity contribution >= 4 is 18.1 Å². The summed E-state index contributed by atoms with van der Waals surface area (Å²) in [5.74, 6) is -8.26. The van der Waals surface area contributed by atoms with E-state index >= 15 is 0 Å². The maximum absolute atomic E-state index is 14.1. The number of likely N-dealkylation sites (tertiary alicyclic amines) is 1. The van der Waals surface area contributed by atoms with Gasteiger partial charge in [-0.2, -0.15) is 0 Å². The molecule has 1 heterocycles. The summed E-state index contributed by atoms with van der Waals surface area (Å²) >= 11 is 0. The number of nitrogens with zero attached hydrogens (tertiary/aromatic N) is 2. The summed E-state index contributed by atoms with van der Waals surface area (Å²) in [7, 11) is 0. The zero-order valence-corrected chi connectivity index (χ0v) is 14.9. The molecule has 0 aliphatic carbocycles. The summed E-state index contributed by atoms with van der Waals surface area (Å²) in [5.41, 5.74) is 4.96. The molecule has 2 rings (SSSR count). The average molecular weight is 388 g/mol. The summed E-state index contributed by atoms with van der Waals surface area (Å²) in [6.45, 7) is 4.36. The maximum Gasteiger partial charge on any atom is 0.410 e. The Morgan fingerprint density at radius 3 is 2.26 bits per heavy atom. The first kappa shape index (κ1) is 20.6. The molecule has 1 fully saturated rings. The number of ether oxygens (including phenoxy) is 1. The Morgan fingerprint density at radius 2 is 1.78 bits per heavy atom. The molecule has 0 spiro atoms. The summed E-state index contributed by atoms with van der Waals surface area (Å²) < 4.78 is 60.5. The zero-order valence-electron chi connectivity index (χ0n) is 14.9. The van der Waals surface area contributed by atoms with Gasteiger partial charge in [-0.1, -0.05) is 0 Å². The second kappa shape index (κ2) is 7.48. The molecule has 0 bridgehead atoms. The molecule has 1 aromatic rings. The lowest BCUT2D eigenvalue weighted by Crippen LogP contribution is -2.43. The molecule has 1 unspecified atom stereocenters. The minimum atomic E-state index is -1.58. The van der Waals surface area contributed by atoms with E-state index in [0.717, 1.165) is 4.90 Å². The average Bonchev–Trinajstić information content (AvgIpc) is 2.97. The molecule has 1 N–H and O–H groups in total. The van der Waals surface area contributed by atoms with E-state index in [-0.39, 0.29) is 12.5 Å². The van der Waals surface area contributed by atoms with Crippen molar-refractivity contribution in [2.45, 2.75) is 44.8 Å². The second-order valence-electron chi connectivity index (χ2n) is 7.12. The molecule has 1 aliphatic heterocycles. The lowest BCUT2D eigenvalue weighted by molar-refractivity contribution is -0.133. The summed E-state index contributed by atoms with van der Waals surface area (Å²) in [6, 6.07) is -1.14. The Kier molecular flexibility index (Phi) is 5.70. The molecule has 146 valence electrons. The highest BCUT2D eigenvalue weighted by molar-refractivity contribution is 6.28. The number of benzene rings is 1. The third-order valence-electron chi connectivity index (χ3n) is 4.00. The Balaban J connectivity index is 2.44. The lowest BCUT2D eigenvalue weighted by atomic mass is 9.94. The first-order chi connectivity index (χ1) is 12.5. The van der Waals surface area contributed by atoms with Crippen LogP contribution in [0.5, 0.6) is 0 Å². The van der Waals surface area contributed by atoms with Gasteiger partial charge in [0.1, 0.15) is 11.6 Å². The molecule has 1 amide bonds. The number of nitrogens with one attached hydrogen (secondary N) is 1. The van der Waals surface area contributed by atoms with Crippen molar-refractivity contribution in [2.75, 3.05) is 6.54 Å². The van der Waals surface area contributed by atoms with Crippen molar-refractivity contribution in [1.29, 1.82) is 5.53 Å². The van der Waals surface area contributed by atoms with Crippen LogP contribution < -0.4 is 0 Å². The predicted molar refractivity (Wildman–Crippen MR) is 84.4 cm³/mol. The quantitative estimate of drug-likeness (QED) is 0.284. The van der Waals surface area contributed by atoms with Gasteiger partial charge in [0.25, 0.3) is 5.78 Å². The monoisotopic (exact) mass is 388 g/mol. The number of hydrogen-bond acceptors (Lipinski definition) is 4. The minimum Gasteiger partial charge on any atom is -0.444 e. The number of Topliss-reactive ketones (excluding diaryl/α,β-unsaturated/α-hetero) is 1. The summed E-state index contributed by atoms with van der Waals surface area (Å²) in [5, 5.41) is 0. The van der Waals surface area contributed by atoms with Crippen molar-refractivity contribution in [3.8, 4) is 0 Å². The number of hydrogen-bond donors (Lipinski definition) is 1. The number of carbonyl (C=O) groups excluding carboxylic acids is 2. The van der Waals surface area contributed by atoms with E-state index in [2.05, 4.69) is 4.79 Å². The fourth-order valence-electron chi connectivity index (χ4n) is 2.94. The Hall–Kier alpha value is -2.74. The third-order valence-corrected chi connectivity index (χ3v) is 4.00. The number of ketones is 1. The fraction of sp³-hybridized carbons (Fsp3) is 0.471. The summed E-state index contributed by atoms with van der Waals surface area (Å²) in [6.07, 6.45) is -0.594. The van der Waals surface area contributed by atoms with Crippen molar-refractivity contribution in [1.82, 2.24) is 4.90 Å². The van der Waals surface area contributed by atoms with Crippen molar-refractivity contribution < 1.29 is 36.7 Å². The molecule has 0 aromatic heterocycles. The second-order valence-corrected chi connectivity index (χ2v) is 7.12. The van der Waals surface area contributed by atoms with E-state index in [9.17, 15) is 27.2 Å². The predicted octanol–water partition coefficient (Wildman–Crippen LogP) is 3.22. The highest BCUT2D eigenvalue weighted by atomic mass is 19.2. The molecule has 2 atom stereocenters. The first-order valence-electron chi connectivity index (χ1n) is 8.02. The molecular formula is C17H18F4N3O3+. The largest absolute Gasteiger partial charge is 0.444 e. The number of halogens is 4. The van der Waals surface area contributed by atoms with Crippen LogP contribution in [0.15, 0.2) is 6.07 Å². The highest BCUT2D eigenvalue weighted by Gasteiger charge is 2.45. The van der Waals surface area contributed by atoms with Crippen LogP contribution in [0, 0.1) is 28.8 Å².